The van der Waals surface area contributed by atoms with Gasteiger partial charge in [-0.25, -0.2) is 18.4 Å². The molecule has 1 aromatic carbocycles. The number of ether oxygens (including phenoxy) is 2. The van der Waals surface area contributed by atoms with Crippen LogP contribution in [0.25, 0.3) is 11.3 Å². The summed E-state index contributed by atoms with van der Waals surface area (Å²) in [5.41, 5.74) is 2.09. The highest BCUT2D eigenvalue weighted by molar-refractivity contribution is 5.98. The van der Waals surface area contributed by atoms with Crippen molar-refractivity contribution < 1.29 is 33.0 Å². The maximum Gasteiger partial charge on any atom is 0.341 e. The van der Waals surface area contributed by atoms with E-state index in [9.17, 15) is 28.3 Å². The van der Waals surface area contributed by atoms with Crippen LogP contribution in [0.1, 0.15) is 52.6 Å². The molecule has 0 aliphatic carbocycles. The average molecular weight is 491 g/mol. The van der Waals surface area contributed by atoms with Crippen molar-refractivity contribution in [1.82, 2.24) is 4.57 Å². The third kappa shape index (κ3) is 4.80. The highest BCUT2D eigenvalue weighted by Crippen LogP contribution is 2.41. The number of hydrogen-bond donors (Lipinski definition) is 1. The third-order valence-corrected chi connectivity index (χ3v) is 6.71. The zero-order valence-electron chi connectivity index (χ0n) is 19.8. The molecular weight excluding hydrogens is 462 g/mol. The van der Waals surface area contributed by atoms with Crippen LogP contribution in [-0.4, -0.2) is 60.9 Å². The number of rotatable bonds is 7. The van der Waals surface area contributed by atoms with Gasteiger partial charge in [0.25, 0.3) is 6.43 Å². The highest BCUT2D eigenvalue weighted by atomic mass is 19.3. The van der Waals surface area contributed by atoms with Gasteiger partial charge in [-0.3, -0.25) is 4.79 Å². The zero-order valence-corrected chi connectivity index (χ0v) is 19.8. The number of pyridine rings is 1. The van der Waals surface area contributed by atoms with Gasteiger partial charge in [-0.05, 0) is 36.5 Å². The summed E-state index contributed by atoms with van der Waals surface area (Å²) >= 11 is 0. The number of methoxy groups -OCH3 is 1. The van der Waals surface area contributed by atoms with Crippen LogP contribution in [0.4, 0.5) is 14.5 Å². The van der Waals surface area contributed by atoms with Crippen molar-refractivity contribution in [3.05, 3.63) is 51.3 Å². The van der Waals surface area contributed by atoms with E-state index in [0.717, 1.165) is 5.56 Å². The lowest BCUT2D eigenvalue weighted by Crippen LogP contribution is -2.29. The molecule has 1 saturated heterocycles. The van der Waals surface area contributed by atoms with E-state index in [0.29, 0.717) is 42.9 Å². The van der Waals surface area contributed by atoms with Crippen molar-refractivity contribution in [2.75, 3.05) is 31.7 Å². The van der Waals surface area contributed by atoms with Crippen molar-refractivity contribution in [3.63, 3.8) is 0 Å². The molecule has 2 atom stereocenters. The molecule has 0 saturated carbocycles. The molecule has 8 nitrogen and oxygen atoms in total. The fraction of sp³-hybridized carbons (Fsp3) is 0.480. The largest absolute Gasteiger partial charge is 0.477 e. The first kappa shape index (κ1) is 24.8. The van der Waals surface area contributed by atoms with Crippen molar-refractivity contribution in [1.29, 1.82) is 0 Å². The SMILES string of the molecule is COC(=O)c1cc2c(cc1N1CCC(OCC(F)F)C1)CC(C(C)C)n1cc(C(=O)O)c(=O)cc1-2. The lowest BCUT2D eigenvalue weighted by molar-refractivity contribution is -0.0156. The highest BCUT2D eigenvalue weighted by Gasteiger charge is 2.33. The number of fused-ring (bicyclic) bond motifs is 3. The van der Waals surface area contributed by atoms with E-state index in [1.54, 1.807) is 6.07 Å². The van der Waals surface area contributed by atoms with Gasteiger partial charge in [0.15, 0.2) is 5.43 Å². The van der Waals surface area contributed by atoms with E-state index in [4.69, 9.17) is 9.47 Å². The topological polar surface area (TPSA) is 98.1 Å². The molecule has 0 bridgehead atoms. The van der Waals surface area contributed by atoms with Gasteiger partial charge in [-0.1, -0.05) is 13.8 Å². The van der Waals surface area contributed by atoms with Gasteiger partial charge in [0.2, 0.25) is 0 Å². The van der Waals surface area contributed by atoms with Crippen LogP contribution in [0.2, 0.25) is 0 Å². The number of hydrogen-bond acceptors (Lipinski definition) is 6. The fourth-order valence-corrected chi connectivity index (χ4v) is 4.95. The van der Waals surface area contributed by atoms with Gasteiger partial charge >= 0.3 is 11.9 Å². The number of alkyl halides is 2. The van der Waals surface area contributed by atoms with Crippen molar-refractivity contribution >= 4 is 17.6 Å². The minimum atomic E-state index is -2.54. The normalized spacial score (nSPS) is 19.1. The van der Waals surface area contributed by atoms with Crippen LogP contribution in [0.5, 0.6) is 0 Å². The Morgan fingerprint density at radius 3 is 2.57 bits per heavy atom. The molecule has 1 fully saturated rings. The van der Waals surface area contributed by atoms with Crippen LogP contribution < -0.4 is 10.3 Å². The Kier molecular flexibility index (Phi) is 6.93. The van der Waals surface area contributed by atoms with Crippen LogP contribution in [0, 0.1) is 5.92 Å². The predicted molar refractivity (Wildman–Crippen MR) is 125 cm³/mol. The van der Waals surface area contributed by atoms with Gasteiger partial charge in [0.1, 0.15) is 12.2 Å². The Hall–Kier alpha value is -3.27. The molecule has 2 aliphatic rings. The Balaban J connectivity index is 1.81. The molecule has 4 rings (SSSR count). The molecule has 3 heterocycles. The summed E-state index contributed by atoms with van der Waals surface area (Å²) in [7, 11) is 1.27. The van der Waals surface area contributed by atoms with E-state index in [2.05, 4.69) is 0 Å². The second-order valence-electron chi connectivity index (χ2n) is 9.26. The summed E-state index contributed by atoms with van der Waals surface area (Å²) < 4.78 is 37.3. The first-order chi connectivity index (χ1) is 16.6. The summed E-state index contributed by atoms with van der Waals surface area (Å²) in [6.45, 7) is 4.30. The minimum Gasteiger partial charge on any atom is -0.477 e. The third-order valence-electron chi connectivity index (χ3n) is 6.71. The second kappa shape index (κ2) is 9.77. The van der Waals surface area contributed by atoms with Gasteiger partial charge in [0, 0.05) is 37.0 Å². The van der Waals surface area contributed by atoms with Gasteiger partial charge < -0.3 is 24.0 Å². The van der Waals surface area contributed by atoms with Crippen LogP contribution in [-0.2, 0) is 15.9 Å². The van der Waals surface area contributed by atoms with Gasteiger partial charge in [-0.15, -0.1) is 0 Å². The van der Waals surface area contributed by atoms with Crippen molar-refractivity contribution in [2.24, 2.45) is 5.92 Å². The summed E-state index contributed by atoms with van der Waals surface area (Å²) in [5, 5.41) is 9.45. The van der Waals surface area contributed by atoms with Crippen LogP contribution >= 0.6 is 0 Å². The molecule has 1 aromatic heterocycles. The van der Waals surface area contributed by atoms with Crippen LogP contribution in [0.3, 0.4) is 0 Å². The Bertz CT molecular complexity index is 1210. The van der Waals surface area contributed by atoms with Gasteiger partial charge in [0.05, 0.1) is 30.2 Å². The van der Waals surface area contributed by atoms with E-state index in [-0.39, 0.29) is 29.2 Å². The Labute approximate surface area is 201 Å². The van der Waals surface area contributed by atoms with Crippen molar-refractivity contribution in [3.8, 4) is 11.3 Å². The van der Waals surface area contributed by atoms with E-state index >= 15 is 0 Å². The number of nitrogens with zero attached hydrogens (tertiary/aromatic N) is 2. The molecule has 10 heteroatoms. The number of carbonyl (C=O) groups is 2. The predicted octanol–water partition coefficient (Wildman–Crippen LogP) is 3.61. The van der Waals surface area contributed by atoms with Gasteiger partial charge in [-0.2, -0.15) is 0 Å². The summed E-state index contributed by atoms with van der Waals surface area (Å²) in [5.74, 6) is -1.72. The molecule has 2 aliphatic heterocycles. The molecule has 1 N–H and O–H groups in total. The van der Waals surface area contributed by atoms with Crippen LogP contribution in [0.15, 0.2) is 29.2 Å². The number of carboxylic acid groups (broad SMARTS) is 1. The number of benzene rings is 1. The Morgan fingerprint density at radius 1 is 1.20 bits per heavy atom. The number of anilines is 1. The number of halogens is 2. The maximum absolute atomic E-state index is 12.7. The molecule has 188 valence electrons. The number of carboxylic acids is 1. The molecule has 2 aromatic rings. The number of aromatic nitrogens is 1. The van der Waals surface area contributed by atoms with E-state index < -0.39 is 30.4 Å². The lowest BCUT2D eigenvalue weighted by Gasteiger charge is -2.34. The minimum absolute atomic E-state index is 0.103. The standard InChI is InChI=1S/C25H28F2N2O6/c1-13(2)19-6-14-7-20(28-5-4-15(10-28)35-12-23(26)27)17(25(33)34-3)8-16(14)21-9-22(30)18(24(31)32)11-29(19)21/h7-9,11,13,15,19,23H,4-6,10,12H2,1-3H3,(H,31,32). The number of carbonyl (C=O) groups excluding carboxylic acids is 1. The molecule has 2 unspecified atom stereocenters. The smallest absolute Gasteiger partial charge is 0.341 e. The summed E-state index contributed by atoms with van der Waals surface area (Å²) in [6, 6.07) is 4.77. The first-order valence-electron chi connectivity index (χ1n) is 11.5. The quantitative estimate of drug-likeness (QED) is 0.592. The molecule has 0 amide bonds. The van der Waals surface area contributed by atoms with E-state index in [1.165, 1.54) is 19.4 Å². The second-order valence-corrected chi connectivity index (χ2v) is 9.26. The number of aromatic carboxylic acids is 1. The van der Waals surface area contributed by atoms with E-state index in [1.807, 2.05) is 29.4 Å². The summed E-state index contributed by atoms with van der Waals surface area (Å²) in [4.78, 5) is 38.8. The average Bonchev–Trinajstić information content (AvgIpc) is 3.29. The monoisotopic (exact) mass is 490 g/mol. The zero-order chi connectivity index (χ0) is 25.4. The maximum atomic E-state index is 12.7. The molecule has 0 radical (unpaired) electrons. The number of esters is 1. The summed E-state index contributed by atoms with van der Waals surface area (Å²) in [6.07, 6.45) is -0.422. The Morgan fingerprint density at radius 2 is 1.94 bits per heavy atom. The fourth-order valence-electron chi connectivity index (χ4n) is 4.95. The lowest BCUT2D eigenvalue weighted by atomic mass is 9.86. The molecular formula is C25H28F2N2O6. The van der Waals surface area contributed by atoms with Crippen molar-refractivity contribution in [2.45, 2.75) is 45.3 Å². The molecule has 35 heavy (non-hydrogen) atoms. The first-order valence-corrected chi connectivity index (χ1v) is 11.5. The molecule has 0 spiro atoms.